The molecular formula is C39H35ClF6N6O4S. The molecule has 2 aromatic carbocycles. The second-order valence-corrected chi connectivity index (χ2v) is 17.8. The van der Waals surface area contributed by atoms with Crippen molar-refractivity contribution in [3.63, 3.8) is 0 Å². The highest BCUT2D eigenvalue weighted by atomic mass is 35.5. The number of hydrogen-bond donors (Lipinski definition) is 2. The van der Waals surface area contributed by atoms with Crippen molar-refractivity contribution in [2.45, 2.75) is 75.2 Å². The summed E-state index contributed by atoms with van der Waals surface area (Å²) < 4.78 is 115. The molecule has 0 spiro atoms. The van der Waals surface area contributed by atoms with Crippen LogP contribution in [0.15, 0.2) is 36.4 Å². The number of ketones is 1. The number of anilines is 1. The highest BCUT2D eigenvalue weighted by molar-refractivity contribution is 7.89. The number of alkyl halides is 4. The van der Waals surface area contributed by atoms with Crippen molar-refractivity contribution in [2.24, 2.45) is 13.0 Å². The van der Waals surface area contributed by atoms with E-state index in [-0.39, 0.29) is 57.3 Å². The largest absolute Gasteiger partial charge is 0.396 e. The van der Waals surface area contributed by atoms with Gasteiger partial charge in [-0.2, -0.15) is 19.0 Å². The van der Waals surface area contributed by atoms with Crippen molar-refractivity contribution in [1.29, 1.82) is 0 Å². The van der Waals surface area contributed by atoms with Gasteiger partial charge in [0.1, 0.15) is 40.9 Å². The number of sulfone groups is 1. The molecule has 2 aliphatic carbocycles. The van der Waals surface area contributed by atoms with Gasteiger partial charge in [0.15, 0.2) is 15.6 Å². The highest BCUT2D eigenvalue weighted by Gasteiger charge is 2.67. The zero-order chi connectivity index (χ0) is 41.5. The number of nitrogens with zero attached hydrogens (tertiary/aromatic N) is 5. The molecule has 300 valence electrons. The minimum Gasteiger partial charge on any atom is -0.396 e. The Bertz CT molecular complexity index is 2640. The van der Waals surface area contributed by atoms with Gasteiger partial charge in [0.2, 0.25) is 0 Å². The van der Waals surface area contributed by atoms with Crippen molar-refractivity contribution in [2.75, 3.05) is 12.0 Å². The van der Waals surface area contributed by atoms with Crippen molar-refractivity contribution in [1.82, 2.24) is 24.5 Å². The summed E-state index contributed by atoms with van der Waals surface area (Å²) >= 11 is 6.63. The predicted molar refractivity (Wildman–Crippen MR) is 199 cm³/mol. The number of aliphatic hydroxyl groups is 1. The predicted octanol–water partition coefficient (Wildman–Crippen LogP) is 7.14. The first-order chi connectivity index (χ1) is 26.5. The van der Waals surface area contributed by atoms with E-state index in [1.807, 2.05) is 0 Å². The fourth-order valence-corrected chi connectivity index (χ4v) is 8.73. The zero-order valence-corrected chi connectivity index (χ0v) is 32.4. The van der Waals surface area contributed by atoms with Gasteiger partial charge < -0.3 is 10.8 Å². The van der Waals surface area contributed by atoms with Gasteiger partial charge in [-0.15, -0.1) is 0 Å². The molecule has 0 saturated heterocycles. The standard InChI is InChI=1S/C39H35ClF6N6O4S/c1-38(2,54)8-7-29-28(47)15-24(23-5-6-27(40)32-30(17-57(4,55)56)49-51(3)35(23)32)33(48-29)19(9-18-10-20(41)13-21(42)11-18)12-22(53)16-52-36-31(34(50-52)37(43)44)25-14-26(25)39(36,45)46/h5-6,10-11,13,15,19,25-26,37,54H,9,12,14,16-17,47H2,1-4H3/t19-,25+,26-/m1/s1. The average Bonchev–Trinajstić information content (AvgIpc) is 3.62. The smallest absolute Gasteiger partial charge is 0.293 e. The Morgan fingerprint density at radius 3 is 2.42 bits per heavy atom. The zero-order valence-electron chi connectivity index (χ0n) is 30.8. The molecule has 10 nitrogen and oxygen atoms in total. The summed E-state index contributed by atoms with van der Waals surface area (Å²) in [5.74, 6) is -4.23. The number of fused-ring (bicyclic) bond motifs is 4. The molecular weight excluding hydrogens is 798 g/mol. The quantitative estimate of drug-likeness (QED) is 0.106. The monoisotopic (exact) mass is 832 g/mol. The Morgan fingerprint density at radius 1 is 1.11 bits per heavy atom. The Kier molecular flexibility index (Phi) is 10.0. The van der Waals surface area contributed by atoms with E-state index >= 15 is 8.78 Å². The molecule has 0 radical (unpaired) electrons. The molecule has 1 saturated carbocycles. The second-order valence-electron chi connectivity index (χ2n) is 15.2. The highest BCUT2D eigenvalue weighted by Crippen LogP contribution is 2.68. The van der Waals surface area contributed by atoms with Gasteiger partial charge in [-0.05, 0) is 68.4 Å². The lowest BCUT2D eigenvalue weighted by Crippen LogP contribution is -2.24. The van der Waals surface area contributed by atoms with Crippen molar-refractivity contribution in [3.05, 3.63) is 92.7 Å². The lowest BCUT2D eigenvalue weighted by Gasteiger charge is -2.22. The average molecular weight is 833 g/mol. The van der Waals surface area contributed by atoms with Gasteiger partial charge in [0.25, 0.3) is 12.3 Å². The van der Waals surface area contributed by atoms with E-state index in [1.165, 1.54) is 30.7 Å². The summed E-state index contributed by atoms with van der Waals surface area (Å²) in [4.78, 5) is 18.8. The summed E-state index contributed by atoms with van der Waals surface area (Å²) in [7, 11) is -2.04. The first-order valence-corrected chi connectivity index (χ1v) is 20.1. The van der Waals surface area contributed by atoms with E-state index < -0.39 is 93.1 Å². The number of hydrogen-bond acceptors (Lipinski definition) is 8. The number of halogens is 7. The van der Waals surface area contributed by atoms with Crippen LogP contribution in [-0.4, -0.2) is 55.7 Å². The van der Waals surface area contributed by atoms with E-state index in [0.29, 0.717) is 27.2 Å². The van der Waals surface area contributed by atoms with Crippen LogP contribution in [0.4, 0.5) is 32.0 Å². The summed E-state index contributed by atoms with van der Waals surface area (Å²) in [6, 6.07) is 7.33. The van der Waals surface area contributed by atoms with Crippen LogP contribution in [0.1, 0.15) is 84.5 Å². The molecule has 3 aromatic heterocycles. The summed E-state index contributed by atoms with van der Waals surface area (Å²) in [6.07, 6.45) is -2.89. The normalized spacial score (nSPS) is 17.7. The van der Waals surface area contributed by atoms with Crippen LogP contribution in [0.25, 0.3) is 22.0 Å². The summed E-state index contributed by atoms with van der Waals surface area (Å²) in [6.45, 7) is 2.02. The molecule has 57 heavy (non-hydrogen) atoms. The Balaban J connectivity index is 1.41. The number of carbonyl (C=O) groups excluding carboxylic acids is 1. The lowest BCUT2D eigenvalue weighted by atomic mass is 9.86. The van der Waals surface area contributed by atoms with Crippen LogP contribution in [0, 0.1) is 29.4 Å². The van der Waals surface area contributed by atoms with E-state index in [9.17, 15) is 35.9 Å². The third kappa shape index (κ3) is 7.86. The molecule has 0 unspecified atom stereocenters. The Labute approximate surface area is 327 Å². The van der Waals surface area contributed by atoms with E-state index in [4.69, 9.17) is 22.3 Å². The molecule has 18 heteroatoms. The van der Waals surface area contributed by atoms with Crippen LogP contribution in [0.2, 0.25) is 5.02 Å². The van der Waals surface area contributed by atoms with Crippen molar-refractivity contribution < 1.29 is 44.7 Å². The molecule has 3 atom stereocenters. The molecule has 0 amide bonds. The van der Waals surface area contributed by atoms with Gasteiger partial charge in [-0.25, -0.2) is 31.0 Å². The minimum atomic E-state index is -3.60. The number of rotatable bonds is 11. The molecule has 3 N–H and O–H groups in total. The molecule has 5 aromatic rings. The number of aryl methyl sites for hydroxylation is 1. The third-order valence-electron chi connectivity index (χ3n) is 10.0. The molecule has 1 fully saturated rings. The van der Waals surface area contributed by atoms with Gasteiger partial charge in [-0.3, -0.25) is 14.2 Å². The number of aromatic nitrogens is 5. The number of carbonyl (C=O) groups is 1. The Morgan fingerprint density at radius 2 is 1.79 bits per heavy atom. The molecule has 0 aliphatic heterocycles. The maximum absolute atomic E-state index is 15.4. The summed E-state index contributed by atoms with van der Waals surface area (Å²) in [5, 5.41) is 19.0. The van der Waals surface area contributed by atoms with Crippen LogP contribution in [0.5, 0.6) is 0 Å². The van der Waals surface area contributed by atoms with Gasteiger partial charge in [0, 0.05) is 59.7 Å². The minimum absolute atomic E-state index is 0.0152. The third-order valence-corrected chi connectivity index (χ3v) is 11.1. The van der Waals surface area contributed by atoms with Crippen molar-refractivity contribution in [3.8, 4) is 23.0 Å². The summed E-state index contributed by atoms with van der Waals surface area (Å²) in [5.41, 5.74) is 4.45. The van der Waals surface area contributed by atoms with E-state index in [2.05, 4.69) is 22.0 Å². The van der Waals surface area contributed by atoms with Crippen LogP contribution < -0.4 is 5.73 Å². The fraction of sp³-hybridized carbons (Fsp3) is 0.385. The van der Waals surface area contributed by atoms with Gasteiger partial charge >= 0.3 is 0 Å². The van der Waals surface area contributed by atoms with Crippen LogP contribution >= 0.6 is 11.6 Å². The lowest BCUT2D eigenvalue weighted by molar-refractivity contribution is -0.120. The second kappa shape index (κ2) is 14.2. The number of nitrogens with two attached hydrogens (primary N) is 1. The topological polar surface area (TPSA) is 146 Å². The maximum Gasteiger partial charge on any atom is 0.293 e. The molecule has 7 rings (SSSR count). The fourth-order valence-electron chi connectivity index (χ4n) is 7.77. The Hall–Kier alpha value is -4.92. The first-order valence-electron chi connectivity index (χ1n) is 17.6. The molecule has 3 heterocycles. The first kappa shape index (κ1) is 40.3. The number of benzene rings is 2. The van der Waals surface area contributed by atoms with E-state index in [1.54, 1.807) is 13.1 Å². The van der Waals surface area contributed by atoms with Crippen molar-refractivity contribution >= 4 is 43.8 Å². The van der Waals surface area contributed by atoms with E-state index in [0.717, 1.165) is 18.4 Å². The van der Waals surface area contributed by atoms with Crippen LogP contribution in [-0.2, 0) is 46.3 Å². The SMILES string of the molecule is Cn1nc(CS(C)(=O)=O)c2c(Cl)ccc(-c3cc(N)c(C#CC(C)(C)O)nc3[C@@H](CC(=O)Cn3nc(C(F)F)c4c3C(F)(F)[C@@H]3C[C@H]43)Cc3cc(F)cc(F)c3)c21. The number of pyridine rings is 1. The van der Waals surface area contributed by atoms with Gasteiger partial charge in [0.05, 0.1) is 33.4 Å². The molecule has 0 bridgehead atoms. The van der Waals surface area contributed by atoms with Gasteiger partial charge in [-0.1, -0.05) is 23.6 Å². The number of Topliss-reactive ketones (excluding diaryl/α,β-unsaturated/α-hetero) is 1. The van der Waals surface area contributed by atoms with Crippen LogP contribution in [0.3, 0.4) is 0 Å². The number of nitrogen functional groups attached to an aromatic ring is 1. The molecule has 2 aliphatic rings. The maximum atomic E-state index is 15.4.